The van der Waals surface area contributed by atoms with Crippen molar-refractivity contribution in [3.8, 4) is 0 Å². The number of aryl methyl sites for hydroxylation is 1. The first-order chi connectivity index (χ1) is 13.4. The Labute approximate surface area is 167 Å². The number of ether oxygens (including phenoxy) is 2. The number of hydrazine groups is 1. The molecule has 0 aliphatic carbocycles. The van der Waals surface area contributed by atoms with Crippen LogP contribution in [0.2, 0.25) is 0 Å². The molecule has 1 aromatic rings. The Morgan fingerprint density at radius 2 is 2.07 bits per heavy atom. The number of aliphatic hydroxyl groups excluding tert-OH is 1. The third-order valence-corrected chi connectivity index (χ3v) is 4.70. The highest BCUT2D eigenvalue weighted by atomic mass is 16.5. The zero-order valence-electron chi connectivity index (χ0n) is 17.6. The molecule has 0 spiro atoms. The van der Waals surface area contributed by atoms with Crippen LogP contribution in [0.3, 0.4) is 0 Å². The number of esters is 1. The van der Waals surface area contributed by atoms with Gasteiger partial charge in [-0.05, 0) is 30.9 Å². The fourth-order valence-electron chi connectivity index (χ4n) is 3.28. The largest absolute Gasteiger partial charge is 0.469 e. The first-order valence-electron chi connectivity index (χ1n) is 9.57. The lowest BCUT2D eigenvalue weighted by Crippen LogP contribution is -2.30. The van der Waals surface area contributed by atoms with Gasteiger partial charge in [0, 0.05) is 25.3 Å². The fourth-order valence-corrected chi connectivity index (χ4v) is 3.28. The van der Waals surface area contributed by atoms with E-state index < -0.39 is 0 Å². The predicted molar refractivity (Wildman–Crippen MR) is 109 cm³/mol. The Balaban J connectivity index is 0.00000190. The fraction of sp³-hybridized carbons (Fsp3) is 0.600. The summed E-state index contributed by atoms with van der Waals surface area (Å²) in [6, 6.07) is 3.80. The average molecular weight is 395 g/mol. The normalized spacial score (nSPS) is 19.8. The van der Waals surface area contributed by atoms with Gasteiger partial charge in [-0.3, -0.25) is 9.78 Å². The average Bonchev–Trinajstić information content (AvgIpc) is 2.69. The van der Waals surface area contributed by atoms with Crippen LogP contribution >= 0.6 is 0 Å². The second kappa shape index (κ2) is 11.6. The summed E-state index contributed by atoms with van der Waals surface area (Å²) in [6.07, 6.45) is 1.20. The number of aromatic nitrogens is 1. The van der Waals surface area contributed by atoms with Gasteiger partial charge in [-0.2, -0.15) is 0 Å². The van der Waals surface area contributed by atoms with Gasteiger partial charge >= 0.3 is 5.97 Å². The van der Waals surface area contributed by atoms with E-state index in [1.165, 1.54) is 12.1 Å². The van der Waals surface area contributed by atoms with Crippen LogP contribution in [0.25, 0.3) is 5.70 Å². The third kappa shape index (κ3) is 6.19. The maximum atomic E-state index is 11.5. The SMILES string of the molecule is CC.COC(=O)CC1COCC(c2ccc(/C(N)=C(\CO)N(C)N)nc2C)C1. The molecule has 28 heavy (non-hydrogen) atoms. The standard InChI is InChI=1S/C18H28N4O4.C2H6/c1-11-14(13-6-12(9-26-10-13)7-17(24)25-3)4-5-15(21-11)18(19)16(8-23)22(2)20;1-2/h4-5,12-13,23H,6-10,19-20H2,1-3H3;1-2H3/b18-16-;. The number of nitrogens with zero attached hydrogens (tertiary/aromatic N) is 2. The Hall–Kier alpha value is -2.16. The number of carbonyl (C=O) groups excluding carboxylic acids is 1. The van der Waals surface area contributed by atoms with Gasteiger partial charge in [0.2, 0.25) is 0 Å². The summed E-state index contributed by atoms with van der Waals surface area (Å²) < 4.78 is 10.4. The maximum absolute atomic E-state index is 11.5. The summed E-state index contributed by atoms with van der Waals surface area (Å²) in [4.78, 5) is 16.1. The lowest BCUT2D eigenvalue weighted by molar-refractivity contribution is -0.143. The lowest BCUT2D eigenvalue weighted by atomic mass is 9.85. The van der Waals surface area contributed by atoms with Crippen LogP contribution in [0, 0.1) is 12.8 Å². The van der Waals surface area contributed by atoms with Crippen LogP contribution in [0.15, 0.2) is 17.8 Å². The highest BCUT2D eigenvalue weighted by Gasteiger charge is 2.27. The van der Waals surface area contributed by atoms with Gasteiger partial charge in [0.05, 0.1) is 43.8 Å². The molecular formula is C20H34N4O4. The van der Waals surface area contributed by atoms with Crippen LogP contribution in [0.4, 0.5) is 0 Å². The first-order valence-corrected chi connectivity index (χ1v) is 9.57. The maximum Gasteiger partial charge on any atom is 0.305 e. The number of hydrogen-bond acceptors (Lipinski definition) is 8. The Morgan fingerprint density at radius 1 is 1.39 bits per heavy atom. The van der Waals surface area contributed by atoms with Crippen molar-refractivity contribution in [1.29, 1.82) is 0 Å². The van der Waals surface area contributed by atoms with Crippen molar-refractivity contribution in [3.63, 3.8) is 0 Å². The van der Waals surface area contributed by atoms with Gasteiger partial charge in [-0.1, -0.05) is 19.9 Å². The highest BCUT2D eigenvalue weighted by molar-refractivity contribution is 5.69. The van der Waals surface area contributed by atoms with E-state index in [1.54, 1.807) is 7.05 Å². The summed E-state index contributed by atoms with van der Waals surface area (Å²) in [6.45, 7) is 6.81. The van der Waals surface area contributed by atoms with Crippen molar-refractivity contribution >= 4 is 11.7 Å². The second-order valence-corrected chi connectivity index (χ2v) is 6.62. The number of pyridine rings is 1. The van der Waals surface area contributed by atoms with Gasteiger partial charge < -0.3 is 25.3 Å². The molecule has 158 valence electrons. The number of nitrogens with two attached hydrogens (primary N) is 2. The number of rotatable bonds is 6. The van der Waals surface area contributed by atoms with Crippen LogP contribution in [-0.2, 0) is 14.3 Å². The Kier molecular flexibility index (Phi) is 9.92. The molecule has 0 radical (unpaired) electrons. The number of carbonyl (C=O) groups is 1. The van der Waals surface area contributed by atoms with Crippen LogP contribution < -0.4 is 11.6 Å². The third-order valence-electron chi connectivity index (χ3n) is 4.70. The summed E-state index contributed by atoms with van der Waals surface area (Å²) >= 11 is 0. The van der Waals surface area contributed by atoms with E-state index in [9.17, 15) is 9.90 Å². The van der Waals surface area contributed by atoms with Crippen LogP contribution in [-0.4, -0.2) is 55.0 Å². The van der Waals surface area contributed by atoms with Crippen LogP contribution in [0.5, 0.6) is 0 Å². The minimum Gasteiger partial charge on any atom is -0.469 e. The summed E-state index contributed by atoms with van der Waals surface area (Å²) in [7, 11) is 3.01. The van der Waals surface area contributed by atoms with Crippen LogP contribution in [0.1, 0.15) is 49.6 Å². The van der Waals surface area contributed by atoms with E-state index >= 15 is 0 Å². The molecule has 1 saturated heterocycles. The van der Waals surface area contributed by atoms with Crippen molar-refractivity contribution in [3.05, 3.63) is 34.8 Å². The summed E-state index contributed by atoms with van der Waals surface area (Å²) in [5.74, 6) is 5.77. The zero-order valence-corrected chi connectivity index (χ0v) is 17.6. The highest BCUT2D eigenvalue weighted by Crippen LogP contribution is 2.32. The molecule has 0 bridgehead atoms. The van der Waals surface area contributed by atoms with E-state index in [0.717, 1.165) is 17.7 Å². The molecular weight excluding hydrogens is 360 g/mol. The molecule has 0 aromatic carbocycles. The van der Waals surface area contributed by atoms with Crippen molar-refractivity contribution < 1.29 is 19.4 Å². The molecule has 1 aliphatic heterocycles. The lowest BCUT2D eigenvalue weighted by Gasteiger charge is -2.29. The second-order valence-electron chi connectivity index (χ2n) is 6.62. The number of aliphatic hydroxyl groups is 1. The van der Waals surface area contributed by atoms with Crippen molar-refractivity contribution in [2.24, 2.45) is 17.5 Å². The predicted octanol–water partition coefficient (Wildman–Crippen LogP) is 1.52. The molecule has 0 saturated carbocycles. The number of likely N-dealkylation sites (N-methyl/N-ethyl adjacent to an activating group) is 1. The monoisotopic (exact) mass is 394 g/mol. The summed E-state index contributed by atoms with van der Waals surface area (Å²) in [5.41, 5.74) is 9.33. The number of methoxy groups -OCH3 is 1. The minimum absolute atomic E-state index is 0.136. The molecule has 1 fully saturated rings. The topological polar surface area (TPSA) is 124 Å². The molecule has 5 N–H and O–H groups in total. The van der Waals surface area contributed by atoms with Gasteiger partial charge in [-0.15, -0.1) is 0 Å². The van der Waals surface area contributed by atoms with Gasteiger partial charge in [0.15, 0.2) is 0 Å². The molecule has 1 aromatic heterocycles. The van der Waals surface area contributed by atoms with E-state index in [0.29, 0.717) is 36.7 Å². The van der Waals surface area contributed by atoms with Crippen molar-refractivity contribution in [1.82, 2.24) is 9.99 Å². The summed E-state index contributed by atoms with van der Waals surface area (Å²) in [5, 5.41) is 10.7. The Morgan fingerprint density at radius 3 is 2.61 bits per heavy atom. The molecule has 2 heterocycles. The minimum atomic E-state index is -0.271. The van der Waals surface area contributed by atoms with E-state index in [4.69, 9.17) is 21.1 Å². The van der Waals surface area contributed by atoms with Gasteiger partial charge in [0.1, 0.15) is 0 Å². The van der Waals surface area contributed by atoms with E-state index in [2.05, 4.69) is 4.98 Å². The Bertz CT molecular complexity index is 676. The number of hydrogen-bond donors (Lipinski definition) is 3. The smallest absolute Gasteiger partial charge is 0.305 e. The van der Waals surface area contributed by atoms with Gasteiger partial charge in [-0.25, -0.2) is 5.84 Å². The molecule has 0 amide bonds. The molecule has 8 nitrogen and oxygen atoms in total. The molecule has 2 unspecified atom stereocenters. The van der Waals surface area contributed by atoms with Gasteiger partial charge in [0.25, 0.3) is 0 Å². The molecule has 1 aliphatic rings. The first kappa shape index (κ1) is 23.9. The van der Waals surface area contributed by atoms with Crippen molar-refractivity contribution in [2.75, 3.05) is 34.0 Å². The molecule has 8 heteroatoms. The van der Waals surface area contributed by atoms with E-state index in [1.807, 2.05) is 32.9 Å². The quantitative estimate of drug-likeness (QED) is 0.377. The molecule has 2 rings (SSSR count). The van der Waals surface area contributed by atoms with E-state index in [-0.39, 0.29) is 24.4 Å². The molecule has 2 atom stereocenters. The van der Waals surface area contributed by atoms with Crippen molar-refractivity contribution in [2.45, 2.75) is 39.5 Å². The zero-order chi connectivity index (χ0) is 21.3.